The number of hydrogen-bond donors (Lipinski definition) is 1. The molecule has 2 fully saturated rings. The fourth-order valence-electron chi connectivity index (χ4n) is 4.15. The van der Waals surface area contributed by atoms with Crippen molar-refractivity contribution in [2.45, 2.75) is 37.9 Å². The number of imidazole rings is 1. The van der Waals surface area contributed by atoms with Gasteiger partial charge in [0.1, 0.15) is 0 Å². The van der Waals surface area contributed by atoms with E-state index < -0.39 is 23.7 Å². The first kappa shape index (κ1) is 21.3. The van der Waals surface area contributed by atoms with Crippen molar-refractivity contribution >= 4 is 34.7 Å². The van der Waals surface area contributed by atoms with Crippen molar-refractivity contribution in [3.8, 4) is 0 Å². The van der Waals surface area contributed by atoms with Gasteiger partial charge in [0.15, 0.2) is 0 Å². The highest BCUT2D eigenvalue weighted by Crippen LogP contribution is 2.38. The van der Waals surface area contributed by atoms with Crippen LogP contribution < -0.4 is 10.2 Å². The number of cyclic esters (lactones) is 1. The lowest BCUT2D eigenvalue weighted by Crippen LogP contribution is -2.37. The van der Waals surface area contributed by atoms with Gasteiger partial charge in [0.05, 0.1) is 23.2 Å². The van der Waals surface area contributed by atoms with E-state index in [1.807, 2.05) is 16.7 Å². The Labute approximate surface area is 187 Å². The Morgan fingerprint density at radius 1 is 1.12 bits per heavy atom. The summed E-state index contributed by atoms with van der Waals surface area (Å²) in [5.41, 5.74) is 1.01. The number of nitrogens with zero attached hydrogens (tertiary/aromatic N) is 3. The van der Waals surface area contributed by atoms with Crippen LogP contribution in [0.3, 0.4) is 0 Å². The van der Waals surface area contributed by atoms with Gasteiger partial charge in [0.25, 0.3) is 5.91 Å². The van der Waals surface area contributed by atoms with Crippen molar-refractivity contribution in [1.82, 2.24) is 9.55 Å². The number of hydrogen-bond acceptors (Lipinski definition) is 4. The average molecular weight is 458 g/mol. The zero-order valence-electron chi connectivity index (χ0n) is 17.6. The zero-order valence-corrected chi connectivity index (χ0v) is 17.6. The number of alkyl halides is 3. The van der Waals surface area contributed by atoms with Gasteiger partial charge >= 0.3 is 12.3 Å². The second-order valence-electron chi connectivity index (χ2n) is 8.22. The summed E-state index contributed by atoms with van der Waals surface area (Å²) in [7, 11) is 0. The molecule has 0 radical (unpaired) electrons. The smallest absolute Gasteiger partial charge is 0.416 e. The van der Waals surface area contributed by atoms with Crippen LogP contribution in [0, 0.1) is 0 Å². The number of anilines is 2. The molecule has 3 aromatic rings. The highest BCUT2D eigenvalue weighted by Gasteiger charge is 2.31. The number of ether oxygens (including phenoxy) is 1. The number of halogens is 3. The van der Waals surface area contributed by atoms with E-state index in [1.54, 1.807) is 6.07 Å². The minimum atomic E-state index is -4.54. The third-order valence-electron chi connectivity index (χ3n) is 6.07. The largest absolute Gasteiger partial charge is 0.449 e. The molecule has 2 heterocycles. The predicted octanol–water partition coefficient (Wildman–Crippen LogP) is 5.38. The van der Waals surface area contributed by atoms with Crippen molar-refractivity contribution < 1.29 is 27.5 Å². The molecule has 1 aromatic heterocycles. The molecule has 0 bridgehead atoms. The number of nitrogens with one attached hydrogen (secondary N) is 1. The standard InChI is InChI=1S/C23H21F3N4O3/c24-23(25,26)15-5-1-4-14(12-15)20(31)28-21-27-18-13-17(29-10-3-11-33-22(29)32)8-9-19(18)30(21)16-6-2-7-16/h1,4-5,8-9,12-13,16H,2-3,6-7,10-11H2,(H,27,28,31). The number of rotatable bonds is 4. The van der Waals surface area contributed by atoms with Gasteiger partial charge in [-0.1, -0.05) is 6.07 Å². The molecule has 0 unspecified atom stereocenters. The van der Waals surface area contributed by atoms with E-state index in [9.17, 15) is 22.8 Å². The second-order valence-corrected chi connectivity index (χ2v) is 8.22. The molecular weight excluding hydrogens is 437 g/mol. The normalized spacial score (nSPS) is 17.1. The molecule has 5 rings (SSSR count). The van der Waals surface area contributed by atoms with Gasteiger partial charge in [-0.2, -0.15) is 13.2 Å². The van der Waals surface area contributed by atoms with Gasteiger partial charge in [-0.3, -0.25) is 15.0 Å². The van der Waals surface area contributed by atoms with Crippen molar-refractivity contribution in [2.24, 2.45) is 0 Å². The number of fused-ring (bicyclic) bond motifs is 1. The molecule has 10 heteroatoms. The van der Waals surface area contributed by atoms with Crippen LogP contribution in [0.15, 0.2) is 42.5 Å². The maximum Gasteiger partial charge on any atom is 0.416 e. The van der Waals surface area contributed by atoms with Gasteiger partial charge in [0.2, 0.25) is 5.95 Å². The Kier molecular flexibility index (Phi) is 5.22. The van der Waals surface area contributed by atoms with E-state index in [2.05, 4.69) is 10.3 Å². The van der Waals surface area contributed by atoms with Gasteiger partial charge in [-0.15, -0.1) is 0 Å². The molecule has 33 heavy (non-hydrogen) atoms. The maximum atomic E-state index is 13.1. The van der Waals surface area contributed by atoms with Gasteiger partial charge < -0.3 is 9.30 Å². The fourth-order valence-corrected chi connectivity index (χ4v) is 4.15. The molecule has 0 atom stereocenters. The van der Waals surface area contributed by atoms with E-state index in [-0.39, 0.29) is 17.6 Å². The first-order chi connectivity index (χ1) is 15.8. The summed E-state index contributed by atoms with van der Waals surface area (Å²) in [5, 5.41) is 2.69. The molecular formula is C23H21F3N4O3. The van der Waals surface area contributed by atoms with Gasteiger partial charge in [-0.25, -0.2) is 9.78 Å². The number of carbonyl (C=O) groups is 2. The van der Waals surface area contributed by atoms with Gasteiger partial charge in [-0.05, 0) is 62.1 Å². The third-order valence-corrected chi connectivity index (χ3v) is 6.07. The molecule has 2 aliphatic rings. The Hall–Kier alpha value is -3.56. The minimum Gasteiger partial charge on any atom is -0.449 e. The van der Waals surface area contributed by atoms with Crippen LogP contribution >= 0.6 is 0 Å². The van der Waals surface area contributed by atoms with E-state index in [1.165, 1.54) is 17.0 Å². The van der Waals surface area contributed by atoms with Crippen LogP contribution in [0.1, 0.15) is 47.6 Å². The van der Waals surface area contributed by atoms with Gasteiger partial charge in [0, 0.05) is 23.8 Å². The molecule has 1 N–H and O–H groups in total. The average Bonchev–Trinajstić information content (AvgIpc) is 3.09. The topological polar surface area (TPSA) is 76.5 Å². The van der Waals surface area contributed by atoms with Crippen LogP contribution in [0.5, 0.6) is 0 Å². The Morgan fingerprint density at radius 2 is 1.94 bits per heavy atom. The molecule has 1 saturated heterocycles. The highest BCUT2D eigenvalue weighted by atomic mass is 19.4. The minimum absolute atomic E-state index is 0.103. The molecule has 7 nitrogen and oxygen atoms in total. The van der Waals surface area contributed by atoms with Crippen LogP contribution in [0.2, 0.25) is 0 Å². The van der Waals surface area contributed by atoms with Crippen molar-refractivity contribution in [1.29, 1.82) is 0 Å². The summed E-state index contributed by atoms with van der Waals surface area (Å²) >= 11 is 0. The molecule has 1 aliphatic heterocycles. The first-order valence-electron chi connectivity index (χ1n) is 10.8. The van der Waals surface area contributed by atoms with Crippen LogP contribution in [-0.4, -0.2) is 34.7 Å². The summed E-state index contributed by atoms with van der Waals surface area (Å²) < 4.78 is 46.2. The fraction of sp³-hybridized carbons (Fsp3) is 0.348. The Bertz CT molecular complexity index is 1230. The van der Waals surface area contributed by atoms with E-state index in [0.717, 1.165) is 43.3 Å². The van der Waals surface area contributed by atoms with Crippen molar-refractivity contribution in [3.63, 3.8) is 0 Å². The van der Waals surface area contributed by atoms with Crippen molar-refractivity contribution in [3.05, 3.63) is 53.6 Å². The summed E-state index contributed by atoms with van der Waals surface area (Å²) in [5.74, 6) is -0.396. The number of carbonyl (C=O) groups excluding carboxylic acids is 2. The summed E-state index contributed by atoms with van der Waals surface area (Å²) in [6, 6.07) is 9.84. The SMILES string of the molecule is O=C(Nc1nc2cc(N3CCCOC3=O)ccc2n1C1CCC1)c1cccc(C(F)(F)F)c1. The molecule has 2 amide bonds. The summed E-state index contributed by atoms with van der Waals surface area (Å²) in [4.78, 5) is 31.0. The molecule has 1 saturated carbocycles. The predicted molar refractivity (Wildman–Crippen MR) is 115 cm³/mol. The molecule has 172 valence electrons. The van der Waals surface area contributed by atoms with E-state index in [0.29, 0.717) is 24.4 Å². The lowest BCUT2D eigenvalue weighted by molar-refractivity contribution is -0.137. The number of aromatic nitrogens is 2. The lowest BCUT2D eigenvalue weighted by Gasteiger charge is -2.29. The third kappa shape index (κ3) is 4.01. The monoisotopic (exact) mass is 458 g/mol. The zero-order chi connectivity index (χ0) is 23.2. The summed E-state index contributed by atoms with van der Waals surface area (Å²) in [6.07, 6.45) is -1.36. The number of benzene rings is 2. The highest BCUT2D eigenvalue weighted by molar-refractivity contribution is 6.04. The lowest BCUT2D eigenvalue weighted by atomic mass is 9.93. The van der Waals surface area contributed by atoms with Crippen molar-refractivity contribution in [2.75, 3.05) is 23.4 Å². The number of amides is 2. The van der Waals surface area contributed by atoms with E-state index >= 15 is 0 Å². The van der Waals surface area contributed by atoms with Crippen LogP contribution in [0.25, 0.3) is 11.0 Å². The van der Waals surface area contributed by atoms with Crippen LogP contribution in [-0.2, 0) is 10.9 Å². The Morgan fingerprint density at radius 3 is 2.64 bits per heavy atom. The molecule has 1 aliphatic carbocycles. The molecule has 2 aromatic carbocycles. The van der Waals surface area contributed by atoms with Crippen LogP contribution in [0.4, 0.5) is 29.6 Å². The first-order valence-corrected chi connectivity index (χ1v) is 10.8. The quantitative estimate of drug-likeness (QED) is 0.570. The summed E-state index contributed by atoms with van der Waals surface area (Å²) in [6.45, 7) is 0.923. The Balaban J connectivity index is 1.49. The van der Waals surface area contributed by atoms with E-state index in [4.69, 9.17) is 4.74 Å². The maximum absolute atomic E-state index is 13.1. The molecule has 0 spiro atoms. The second kappa shape index (κ2) is 8.09.